The van der Waals surface area contributed by atoms with Gasteiger partial charge in [-0.2, -0.15) is 11.8 Å². The summed E-state index contributed by atoms with van der Waals surface area (Å²) >= 11 is 1.51. The molecule has 8 amide bonds. The number of hydrogen-bond acceptors (Lipinski definition) is 13. The minimum Gasteiger partial charge on any atom is -0.480 e. The summed E-state index contributed by atoms with van der Waals surface area (Å²) < 4.78 is 0. The lowest BCUT2D eigenvalue weighted by Gasteiger charge is -2.32. The first-order chi connectivity index (χ1) is 32.7. The number of nitrogens with one attached hydrogen (secondary N) is 7. The van der Waals surface area contributed by atoms with E-state index in [0.29, 0.717) is 25.0 Å². The molecule has 0 spiro atoms. The molecule has 0 bridgehead atoms. The zero-order valence-corrected chi connectivity index (χ0v) is 43.6. The molecule has 9 atom stereocenters. The van der Waals surface area contributed by atoms with E-state index in [2.05, 4.69) is 42.2 Å². The molecule has 0 aromatic rings. The van der Waals surface area contributed by atoms with E-state index in [-0.39, 0.29) is 81.2 Å². The minimum atomic E-state index is -1.61. The van der Waals surface area contributed by atoms with Crippen molar-refractivity contribution >= 4 is 70.9 Å². The van der Waals surface area contributed by atoms with Crippen LogP contribution in [0.1, 0.15) is 120 Å². The van der Waals surface area contributed by atoms with Crippen molar-refractivity contribution in [3.05, 3.63) is 0 Å². The average molecular weight is 1010 g/mol. The molecule has 70 heavy (non-hydrogen) atoms. The van der Waals surface area contributed by atoms with Crippen LogP contribution in [0.3, 0.4) is 0 Å². The quantitative estimate of drug-likeness (QED) is 0.0214. The highest BCUT2D eigenvalue weighted by atomic mass is 32.2. The minimum absolute atomic E-state index is 0.0198. The molecule has 1 aliphatic heterocycles. The van der Waals surface area contributed by atoms with Crippen LogP contribution in [0.5, 0.6) is 0 Å². The second kappa shape index (κ2) is 31.9. The van der Waals surface area contributed by atoms with Gasteiger partial charge in [-0.15, -0.1) is 0 Å². The molecule has 1 aliphatic rings. The summed E-state index contributed by atoms with van der Waals surface area (Å²) in [4.78, 5) is 126. The van der Waals surface area contributed by atoms with E-state index < -0.39 is 114 Å². The molecule has 23 nitrogen and oxygen atoms in total. The summed E-state index contributed by atoms with van der Waals surface area (Å²) in [5, 5.41) is 38.3. The molecule has 24 heteroatoms. The number of guanidine groups is 1. The molecule has 0 aromatic heterocycles. The zero-order chi connectivity index (χ0) is 53.4. The number of carboxylic acids is 1. The van der Waals surface area contributed by atoms with Crippen LogP contribution in [0.2, 0.25) is 0 Å². The lowest BCUT2D eigenvalue weighted by Crippen LogP contribution is -2.61. The first-order valence-electron chi connectivity index (χ1n) is 24.3. The Morgan fingerprint density at radius 1 is 0.614 bits per heavy atom. The first kappa shape index (κ1) is 62.8. The third kappa shape index (κ3) is 23.1. The predicted molar refractivity (Wildman–Crippen MR) is 267 cm³/mol. The van der Waals surface area contributed by atoms with E-state index >= 15 is 0 Å². The molecular weight excluding hydrogens is 929 g/mol. The molecule has 1 heterocycles. The van der Waals surface area contributed by atoms with Crippen LogP contribution in [0.25, 0.3) is 0 Å². The molecule has 0 aliphatic carbocycles. The number of carboxylic acid groups (broad SMARTS) is 1. The summed E-state index contributed by atoms with van der Waals surface area (Å²) in [6, 6.07) is -10.5. The fraction of sp³-hybridized carbons (Fsp3) is 0.783. The lowest BCUT2D eigenvalue weighted by atomic mass is 9.98. The number of nitrogens with zero attached hydrogens (tertiary/aromatic N) is 2. The van der Waals surface area contributed by atoms with Gasteiger partial charge >= 0.3 is 5.97 Å². The van der Waals surface area contributed by atoms with Gasteiger partial charge in [-0.05, 0) is 100 Å². The number of aliphatic carboxylic acids is 1. The second-order valence-electron chi connectivity index (χ2n) is 19.7. The maximum atomic E-state index is 14.2. The van der Waals surface area contributed by atoms with Gasteiger partial charge in [0.2, 0.25) is 47.3 Å². The number of aliphatic hydroxyl groups is 1. The number of carbonyl (C=O) groups is 9. The van der Waals surface area contributed by atoms with Crippen molar-refractivity contribution in [3.8, 4) is 0 Å². The Morgan fingerprint density at radius 3 is 1.56 bits per heavy atom. The van der Waals surface area contributed by atoms with Crippen molar-refractivity contribution in [2.75, 3.05) is 31.7 Å². The van der Waals surface area contributed by atoms with Crippen molar-refractivity contribution in [1.82, 2.24) is 42.1 Å². The normalized spacial score (nSPS) is 17.0. The van der Waals surface area contributed by atoms with E-state index in [1.165, 1.54) is 23.6 Å². The molecule has 1 rings (SSSR count). The maximum Gasteiger partial charge on any atom is 0.326 e. The molecule has 1 saturated heterocycles. The van der Waals surface area contributed by atoms with Crippen LogP contribution in [0, 0.1) is 23.7 Å². The van der Waals surface area contributed by atoms with Gasteiger partial charge in [-0.1, -0.05) is 55.4 Å². The summed E-state index contributed by atoms with van der Waals surface area (Å²) in [5.41, 5.74) is 16.8. The van der Waals surface area contributed by atoms with Crippen LogP contribution in [-0.4, -0.2) is 160 Å². The summed E-state index contributed by atoms with van der Waals surface area (Å²) in [6.07, 6.45) is 3.78. The van der Waals surface area contributed by atoms with Gasteiger partial charge in [0.1, 0.15) is 48.3 Å². The van der Waals surface area contributed by atoms with Crippen molar-refractivity contribution < 1.29 is 53.4 Å². The number of nitrogens with two attached hydrogens (primary N) is 3. The third-order valence-corrected chi connectivity index (χ3v) is 11.9. The molecule has 0 aromatic carbocycles. The molecule has 0 radical (unpaired) electrons. The number of rotatable bonds is 32. The topological polar surface area (TPSA) is 372 Å². The largest absolute Gasteiger partial charge is 0.480 e. The SMILES string of the molecule is CSCC[C@H](N)C(=O)N[C@@H](C)C(=O)N[C@@H](CCCN=C(N)N)C(=O)N[C@@H](CO)C(=O)N[C@@H](CC(C)C)C(=O)N[C@@H](CC(C)C)C(=O)N[C@@H](CC(C)C)C(=O)N1CCC[C@H]1C(=O)N[C@@H](CC(C)C)C(=O)O. The smallest absolute Gasteiger partial charge is 0.326 e. The van der Waals surface area contributed by atoms with Crippen molar-refractivity contribution in [2.24, 2.45) is 45.9 Å². The fourth-order valence-electron chi connectivity index (χ4n) is 7.68. The zero-order valence-electron chi connectivity index (χ0n) is 42.8. The highest BCUT2D eigenvalue weighted by Gasteiger charge is 2.40. The Bertz CT molecular complexity index is 1780. The Labute approximate surface area is 417 Å². The van der Waals surface area contributed by atoms with Crippen LogP contribution in [-0.2, 0) is 43.2 Å². The lowest BCUT2D eigenvalue weighted by molar-refractivity contribution is -0.145. The van der Waals surface area contributed by atoms with Crippen molar-refractivity contribution in [1.29, 1.82) is 0 Å². The third-order valence-electron chi connectivity index (χ3n) is 11.3. The molecule has 1 fully saturated rings. The van der Waals surface area contributed by atoms with E-state index in [4.69, 9.17) is 17.2 Å². The Hall–Kier alpha value is -5.23. The number of carbonyl (C=O) groups excluding carboxylic acids is 8. The van der Waals surface area contributed by atoms with Crippen LogP contribution >= 0.6 is 11.8 Å². The predicted octanol–water partition coefficient (Wildman–Crippen LogP) is -1.21. The number of aliphatic imine (C=N–C) groups is 1. The van der Waals surface area contributed by atoms with Gasteiger partial charge in [0.15, 0.2) is 5.96 Å². The van der Waals surface area contributed by atoms with Crippen LogP contribution in [0.4, 0.5) is 0 Å². The van der Waals surface area contributed by atoms with Crippen molar-refractivity contribution in [2.45, 2.75) is 174 Å². The first-order valence-corrected chi connectivity index (χ1v) is 25.7. The van der Waals surface area contributed by atoms with E-state index in [1.807, 2.05) is 47.8 Å². The monoisotopic (exact) mass is 1010 g/mol. The van der Waals surface area contributed by atoms with Gasteiger partial charge in [-0.25, -0.2) is 4.79 Å². The van der Waals surface area contributed by atoms with Gasteiger partial charge in [0.25, 0.3) is 0 Å². The Kier molecular flexibility index (Phi) is 28.6. The molecule has 400 valence electrons. The Morgan fingerprint density at radius 2 is 1.07 bits per heavy atom. The van der Waals surface area contributed by atoms with E-state index in [1.54, 1.807) is 13.8 Å². The summed E-state index contributed by atoms with van der Waals surface area (Å²) in [6.45, 7) is 15.4. The van der Waals surface area contributed by atoms with Gasteiger partial charge in [0.05, 0.1) is 12.6 Å². The molecule has 0 saturated carbocycles. The number of amides is 8. The average Bonchev–Trinajstić information content (AvgIpc) is 3.76. The summed E-state index contributed by atoms with van der Waals surface area (Å²) in [5.74, 6) is -6.86. The molecule has 0 unspecified atom stereocenters. The van der Waals surface area contributed by atoms with Crippen LogP contribution < -0.4 is 54.4 Å². The fourth-order valence-corrected chi connectivity index (χ4v) is 8.17. The second-order valence-corrected chi connectivity index (χ2v) is 20.6. The summed E-state index contributed by atoms with van der Waals surface area (Å²) in [7, 11) is 0. The van der Waals surface area contributed by atoms with Crippen LogP contribution in [0.15, 0.2) is 4.99 Å². The molecule has 15 N–H and O–H groups in total. The molecular formula is C46H84N12O11S. The van der Waals surface area contributed by atoms with E-state index in [0.717, 1.165) is 0 Å². The Balaban J connectivity index is 3.32. The standard InChI is InChI=1S/C46H84N12O11S/c1-24(2)19-31(54-42(65)35(23-59)57-39(62)30(13-11-16-50-46(48)49)52-37(60)28(9)51-38(61)29(47)15-18-70-10)40(63)53-32(20-25(3)4)41(64)55-33(21-26(5)6)44(67)58-17-12-14-36(58)43(66)56-34(45(68)69)22-27(7)8/h24-36,59H,11-23,47H2,1-10H3,(H,51,61)(H,52,60)(H,53,63)(H,54,65)(H,55,64)(H,56,66)(H,57,62)(H,68,69)(H4,48,49,50)/t28-,29-,30-,31-,32-,33-,34-,35-,36-/m0/s1. The maximum absolute atomic E-state index is 14.2. The van der Waals surface area contributed by atoms with E-state index in [9.17, 15) is 53.4 Å². The number of aliphatic hydroxyl groups excluding tert-OH is 1. The highest BCUT2D eigenvalue weighted by Crippen LogP contribution is 2.22. The van der Waals surface area contributed by atoms with Gasteiger partial charge in [-0.3, -0.25) is 43.3 Å². The highest BCUT2D eigenvalue weighted by molar-refractivity contribution is 7.98. The van der Waals surface area contributed by atoms with Gasteiger partial charge in [0, 0.05) is 13.1 Å². The van der Waals surface area contributed by atoms with Gasteiger partial charge < -0.3 is 69.5 Å². The number of hydrogen-bond donors (Lipinski definition) is 12. The number of likely N-dealkylation sites (tertiary alicyclic amines) is 1. The van der Waals surface area contributed by atoms with Crippen molar-refractivity contribution in [3.63, 3.8) is 0 Å². The number of thioether (sulfide) groups is 1.